The summed E-state index contributed by atoms with van der Waals surface area (Å²) in [4.78, 5) is 12.3. The van der Waals surface area contributed by atoms with Gasteiger partial charge in [0.2, 0.25) is 0 Å². The van der Waals surface area contributed by atoms with Crippen LogP contribution in [-0.2, 0) is 4.74 Å². The summed E-state index contributed by atoms with van der Waals surface area (Å²) in [6.07, 6.45) is -0.912. The second-order valence-corrected chi connectivity index (χ2v) is 4.57. The fourth-order valence-corrected chi connectivity index (χ4v) is 2.70. The van der Waals surface area contributed by atoms with Crippen LogP contribution >= 0.6 is 0 Å². The third-order valence-corrected chi connectivity index (χ3v) is 3.53. The molecule has 8 nitrogen and oxygen atoms in total. The van der Waals surface area contributed by atoms with Gasteiger partial charge in [-0.05, 0) is 0 Å². The van der Waals surface area contributed by atoms with Crippen LogP contribution < -0.4 is 5.73 Å². The molecule has 1 saturated heterocycles. The van der Waals surface area contributed by atoms with Gasteiger partial charge < -0.3 is 20.7 Å². The van der Waals surface area contributed by atoms with Crippen LogP contribution in [0.1, 0.15) is 24.6 Å². The summed E-state index contributed by atoms with van der Waals surface area (Å²) >= 11 is 0. The van der Waals surface area contributed by atoms with Crippen LogP contribution in [0.5, 0.6) is 0 Å². The van der Waals surface area contributed by atoms with Gasteiger partial charge in [0.15, 0.2) is 17.0 Å². The average Bonchev–Trinajstić information content (AvgIpc) is 2.88. The van der Waals surface area contributed by atoms with Gasteiger partial charge in [0.25, 0.3) is 0 Å². The average molecular weight is 249 g/mol. The molecular weight excluding hydrogens is 238 g/mol. The predicted molar refractivity (Wildman–Crippen MR) is 59.2 cm³/mol. The first-order valence-corrected chi connectivity index (χ1v) is 5.66. The molecule has 2 bridgehead atoms. The minimum absolute atomic E-state index is 0.269. The Bertz CT molecular complexity index is 642. The van der Waals surface area contributed by atoms with E-state index in [1.54, 1.807) is 4.57 Å². The minimum atomic E-state index is -0.979. The number of anilines is 1. The van der Waals surface area contributed by atoms with Crippen LogP contribution in [0, 0.1) is 0 Å². The monoisotopic (exact) mass is 249 g/mol. The molecular formula is C10H11N5O3. The molecule has 0 aromatic carbocycles. The van der Waals surface area contributed by atoms with Gasteiger partial charge in [0.1, 0.15) is 30.6 Å². The van der Waals surface area contributed by atoms with Crippen LogP contribution in [0.15, 0.2) is 6.33 Å². The van der Waals surface area contributed by atoms with Gasteiger partial charge in [-0.2, -0.15) is 0 Å². The van der Waals surface area contributed by atoms with Crippen molar-refractivity contribution in [1.29, 1.82) is 0 Å². The highest BCUT2D eigenvalue weighted by atomic mass is 16.5. The first-order chi connectivity index (χ1) is 8.66. The van der Waals surface area contributed by atoms with E-state index in [0.717, 1.165) is 0 Å². The molecule has 2 aliphatic heterocycles. The summed E-state index contributed by atoms with van der Waals surface area (Å²) in [5.41, 5.74) is 6.72. The van der Waals surface area contributed by atoms with E-state index in [-0.39, 0.29) is 12.0 Å². The summed E-state index contributed by atoms with van der Waals surface area (Å²) < 4.78 is 7.26. The Morgan fingerprint density at radius 3 is 3.06 bits per heavy atom. The topological polar surface area (TPSA) is 119 Å². The van der Waals surface area contributed by atoms with Crippen LogP contribution in [0.2, 0.25) is 0 Å². The second kappa shape index (κ2) is 3.16. The number of ether oxygens (including phenoxy) is 1. The smallest absolute Gasteiger partial charge is 0.167 e. The van der Waals surface area contributed by atoms with Gasteiger partial charge in [-0.15, -0.1) is 0 Å². The minimum Gasteiger partial charge on any atom is -0.390 e. The molecule has 4 atom stereocenters. The Balaban J connectivity index is 2.03. The van der Waals surface area contributed by atoms with E-state index >= 15 is 0 Å². The number of fused-ring (bicyclic) bond motifs is 6. The molecule has 4 N–H and O–H groups in total. The van der Waals surface area contributed by atoms with Crippen molar-refractivity contribution >= 4 is 17.0 Å². The van der Waals surface area contributed by atoms with Gasteiger partial charge in [0.05, 0.1) is 6.10 Å². The van der Waals surface area contributed by atoms with Gasteiger partial charge in [0, 0.05) is 6.42 Å². The van der Waals surface area contributed by atoms with Crippen molar-refractivity contribution in [2.75, 3.05) is 5.73 Å². The van der Waals surface area contributed by atoms with Crippen molar-refractivity contribution in [3.8, 4) is 0 Å². The summed E-state index contributed by atoms with van der Waals surface area (Å²) in [5.74, 6) is 0.695. The van der Waals surface area contributed by atoms with Crippen molar-refractivity contribution in [3.63, 3.8) is 0 Å². The normalized spacial score (nSPS) is 33.9. The number of aromatic nitrogens is 4. The van der Waals surface area contributed by atoms with Crippen molar-refractivity contribution in [2.45, 2.75) is 31.0 Å². The van der Waals surface area contributed by atoms with Crippen LogP contribution in [-0.4, -0.2) is 41.9 Å². The number of nitrogens with two attached hydrogens (primary N) is 1. The lowest BCUT2D eigenvalue weighted by Gasteiger charge is -2.27. The summed E-state index contributed by atoms with van der Waals surface area (Å²) in [5, 5.41) is 20.0. The van der Waals surface area contributed by atoms with Gasteiger partial charge in [-0.1, -0.05) is 0 Å². The second-order valence-electron chi connectivity index (χ2n) is 4.57. The first-order valence-electron chi connectivity index (χ1n) is 5.66. The van der Waals surface area contributed by atoms with E-state index in [1.807, 2.05) is 0 Å². The molecule has 4 rings (SSSR count). The molecule has 8 heteroatoms. The highest BCUT2D eigenvalue weighted by Gasteiger charge is 2.47. The summed E-state index contributed by atoms with van der Waals surface area (Å²) in [7, 11) is 0. The number of imidazole rings is 1. The van der Waals surface area contributed by atoms with E-state index in [2.05, 4.69) is 15.0 Å². The van der Waals surface area contributed by atoms with E-state index < -0.39 is 18.3 Å². The number of nitrogen functional groups attached to an aromatic ring is 1. The molecule has 4 heterocycles. The standard InChI is InChI=1S/C10H11N5O3/c11-8-5-9(13-2-12-8)15-4-1-3(16)7(18-4)6(17)10(15)14-5/h2-4,6-7,16-17H,1H2,(H2,11,12,13)/t3-,4+,6-,7-/m0/s1. The van der Waals surface area contributed by atoms with E-state index in [0.29, 0.717) is 23.4 Å². The Kier molecular flexibility index (Phi) is 1.79. The first kappa shape index (κ1) is 10.2. The molecule has 0 amide bonds. The lowest BCUT2D eigenvalue weighted by atomic mass is 10.1. The molecule has 1 fully saturated rings. The number of nitrogens with zero attached hydrogens (tertiary/aromatic N) is 4. The number of rotatable bonds is 0. The zero-order chi connectivity index (χ0) is 12.4. The van der Waals surface area contributed by atoms with Crippen molar-refractivity contribution in [3.05, 3.63) is 12.2 Å². The third kappa shape index (κ3) is 1.07. The van der Waals surface area contributed by atoms with E-state index in [1.165, 1.54) is 6.33 Å². The van der Waals surface area contributed by atoms with E-state index in [9.17, 15) is 10.2 Å². The molecule has 2 aromatic rings. The summed E-state index contributed by atoms with van der Waals surface area (Å²) in [6, 6.07) is 0. The lowest BCUT2D eigenvalue weighted by molar-refractivity contribution is -0.110. The maximum Gasteiger partial charge on any atom is 0.167 e. The summed E-state index contributed by atoms with van der Waals surface area (Å²) in [6.45, 7) is 0. The van der Waals surface area contributed by atoms with Gasteiger partial charge >= 0.3 is 0 Å². The van der Waals surface area contributed by atoms with Crippen LogP contribution in [0.25, 0.3) is 11.2 Å². The highest BCUT2D eigenvalue weighted by molar-refractivity contribution is 5.82. The zero-order valence-corrected chi connectivity index (χ0v) is 9.26. The zero-order valence-electron chi connectivity index (χ0n) is 9.26. The number of hydrogen-bond acceptors (Lipinski definition) is 7. The molecule has 0 saturated carbocycles. The Labute approximate surface area is 101 Å². The molecule has 0 unspecified atom stereocenters. The quantitative estimate of drug-likeness (QED) is 0.553. The molecule has 0 aliphatic carbocycles. The predicted octanol–water partition coefficient (Wildman–Crippen LogP) is -0.896. The largest absolute Gasteiger partial charge is 0.390 e. The number of aliphatic hydroxyl groups is 2. The molecule has 18 heavy (non-hydrogen) atoms. The Hall–Kier alpha value is -1.77. The Morgan fingerprint density at radius 1 is 1.39 bits per heavy atom. The maximum absolute atomic E-state index is 10.2. The molecule has 0 radical (unpaired) electrons. The fourth-order valence-electron chi connectivity index (χ4n) is 2.70. The molecule has 2 aliphatic rings. The van der Waals surface area contributed by atoms with Crippen LogP contribution in [0.4, 0.5) is 5.82 Å². The van der Waals surface area contributed by atoms with Crippen molar-refractivity contribution < 1.29 is 14.9 Å². The SMILES string of the molecule is Nc1ncnc2c1nc1n2[C@H]2C[C@H](O)[C@H](O2)[C@@H]1O. The molecule has 0 spiro atoms. The molecule has 2 aromatic heterocycles. The number of hydrogen-bond donors (Lipinski definition) is 3. The third-order valence-electron chi connectivity index (χ3n) is 3.53. The fraction of sp³-hybridized carbons (Fsp3) is 0.500. The Morgan fingerprint density at radius 2 is 2.22 bits per heavy atom. The van der Waals surface area contributed by atoms with E-state index in [4.69, 9.17) is 10.5 Å². The number of aliphatic hydroxyl groups excluding tert-OH is 2. The van der Waals surface area contributed by atoms with Crippen molar-refractivity contribution in [2.24, 2.45) is 0 Å². The van der Waals surface area contributed by atoms with Crippen molar-refractivity contribution in [1.82, 2.24) is 19.5 Å². The molecule has 94 valence electrons. The van der Waals surface area contributed by atoms with Crippen LogP contribution in [0.3, 0.4) is 0 Å². The lowest BCUT2D eigenvalue weighted by Crippen LogP contribution is -2.33. The van der Waals surface area contributed by atoms with Gasteiger partial charge in [-0.25, -0.2) is 15.0 Å². The van der Waals surface area contributed by atoms with Gasteiger partial charge in [-0.3, -0.25) is 4.57 Å². The highest BCUT2D eigenvalue weighted by Crippen LogP contribution is 2.43. The maximum atomic E-state index is 10.2.